The van der Waals surface area contributed by atoms with Crippen molar-refractivity contribution in [2.24, 2.45) is 0 Å². The third-order valence-electron chi connectivity index (χ3n) is 2.91. The van der Waals surface area contributed by atoms with Crippen LogP contribution >= 0.6 is 22.6 Å². The molecule has 2 aromatic carbocycles. The summed E-state index contributed by atoms with van der Waals surface area (Å²) in [4.78, 5) is 23.8. The van der Waals surface area contributed by atoms with E-state index in [1.54, 1.807) is 30.3 Å². The number of nitrogens with one attached hydrogen (secondary N) is 2. The van der Waals surface area contributed by atoms with Crippen molar-refractivity contribution in [3.63, 3.8) is 0 Å². The minimum Gasteiger partial charge on any atom is -0.318 e. The molecule has 0 saturated heterocycles. The molecule has 0 fully saturated rings. The van der Waals surface area contributed by atoms with Crippen molar-refractivity contribution in [2.75, 3.05) is 10.6 Å². The number of halogens is 1. The van der Waals surface area contributed by atoms with Crippen molar-refractivity contribution < 1.29 is 9.59 Å². The summed E-state index contributed by atoms with van der Waals surface area (Å²) in [6, 6.07) is 13.8. The van der Waals surface area contributed by atoms with Crippen LogP contribution in [0.1, 0.15) is 11.1 Å². The first-order valence-electron chi connectivity index (χ1n) is 6.38. The fourth-order valence-corrected chi connectivity index (χ4v) is 2.41. The number of aryl methyl sites for hydroxylation is 1. The summed E-state index contributed by atoms with van der Waals surface area (Å²) in [5.74, 6) is -1.50. The van der Waals surface area contributed by atoms with Gasteiger partial charge in [-0.1, -0.05) is 0 Å². The van der Waals surface area contributed by atoms with Crippen LogP contribution in [-0.4, -0.2) is 11.8 Å². The summed E-state index contributed by atoms with van der Waals surface area (Å²) < 4.78 is 1.05. The lowest BCUT2D eigenvalue weighted by Crippen LogP contribution is -2.29. The van der Waals surface area contributed by atoms with Crippen LogP contribution < -0.4 is 10.6 Å². The van der Waals surface area contributed by atoms with Gasteiger partial charge in [-0.2, -0.15) is 5.26 Å². The molecule has 2 N–H and O–H groups in total. The quantitative estimate of drug-likeness (QED) is 0.595. The predicted octanol–water partition coefficient (Wildman–Crippen LogP) is 3.05. The number of rotatable bonds is 2. The number of nitriles is 1. The molecule has 0 atom stereocenters. The number of benzene rings is 2. The molecule has 0 unspecified atom stereocenters. The highest BCUT2D eigenvalue weighted by Crippen LogP contribution is 2.17. The minimum absolute atomic E-state index is 0.457. The summed E-state index contributed by atoms with van der Waals surface area (Å²) in [5, 5.41) is 13.8. The Bertz CT molecular complexity index is 764. The zero-order chi connectivity index (χ0) is 16.1. The lowest BCUT2D eigenvalue weighted by molar-refractivity contribution is -0.133. The van der Waals surface area contributed by atoms with Crippen LogP contribution in [0.2, 0.25) is 0 Å². The smallest absolute Gasteiger partial charge is 0.314 e. The molecule has 0 bridgehead atoms. The van der Waals surface area contributed by atoms with Crippen LogP contribution in [0.5, 0.6) is 0 Å². The number of hydrogen-bond donors (Lipinski definition) is 2. The maximum Gasteiger partial charge on any atom is 0.314 e. The second kappa shape index (κ2) is 7.04. The van der Waals surface area contributed by atoms with E-state index >= 15 is 0 Å². The van der Waals surface area contributed by atoms with E-state index in [9.17, 15) is 9.59 Å². The lowest BCUT2D eigenvalue weighted by atomic mass is 10.2. The van der Waals surface area contributed by atoms with Crippen molar-refractivity contribution in [1.82, 2.24) is 0 Å². The molecule has 0 radical (unpaired) electrons. The Morgan fingerprint density at radius 1 is 1.05 bits per heavy atom. The van der Waals surface area contributed by atoms with E-state index in [1.807, 2.05) is 25.1 Å². The molecule has 2 amide bonds. The molecule has 0 spiro atoms. The first-order chi connectivity index (χ1) is 10.5. The van der Waals surface area contributed by atoms with Gasteiger partial charge in [-0.25, -0.2) is 0 Å². The molecule has 0 saturated carbocycles. The van der Waals surface area contributed by atoms with Gasteiger partial charge >= 0.3 is 11.8 Å². The van der Waals surface area contributed by atoms with Crippen molar-refractivity contribution in [1.29, 1.82) is 5.26 Å². The van der Waals surface area contributed by atoms with Crippen molar-refractivity contribution in [3.05, 3.63) is 57.2 Å². The minimum atomic E-state index is -0.761. The number of hydrogen-bond acceptors (Lipinski definition) is 3. The Labute approximate surface area is 141 Å². The molecule has 6 heteroatoms. The molecular weight excluding hydrogens is 393 g/mol. The van der Waals surface area contributed by atoms with Gasteiger partial charge in [0.25, 0.3) is 0 Å². The molecule has 0 heterocycles. The van der Waals surface area contributed by atoms with Gasteiger partial charge < -0.3 is 10.6 Å². The van der Waals surface area contributed by atoms with E-state index in [-0.39, 0.29) is 0 Å². The van der Waals surface area contributed by atoms with E-state index in [2.05, 4.69) is 33.2 Å². The van der Waals surface area contributed by atoms with E-state index in [1.165, 1.54) is 0 Å². The van der Waals surface area contributed by atoms with Gasteiger partial charge in [-0.15, -0.1) is 0 Å². The second-order valence-electron chi connectivity index (χ2n) is 4.56. The topological polar surface area (TPSA) is 82.0 Å². The normalized spacial score (nSPS) is 9.68. The molecule has 0 aliphatic heterocycles. The number of carbonyl (C=O) groups is 2. The highest BCUT2D eigenvalue weighted by Gasteiger charge is 2.15. The fraction of sp³-hybridized carbons (Fsp3) is 0.0625. The highest BCUT2D eigenvalue weighted by molar-refractivity contribution is 14.1. The van der Waals surface area contributed by atoms with Gasteiger partial charge in [-0.05, 0) is 77.5 Å². The first kappa shape index (κ1) is 16.0. The second-order valence-corrected chi connectivity index (χ2v) is 5.80. The number of amides is 2. The number of nitrogens with zero attached hydrogens (tertiary/aromatic N) is 1. The van der Waals surface area contributed by atoms with Gasteiger partial charge in [0.1, 0.15) is 0 Å². The number of carbonyl (C=O) groups excluding carboxylic acids is 2. The largest absolute Gasteiger partial charge is 0.318 e. The molecule has 0 aliphatic rings. The van der Waals surface area contributed by atoms with Gasteiger partial charge in [0.2, 0.25) is 0 Å². The molecule has 22 heavy (non-hydrogen) atoms. The molecule has 0 aliphatic carbocycles. The van der Waals surface area contributed by atoms with E-state index in [0.29, 0.717) is 16.9 Å². The maximum absolute atomic E-state index is 11.9. The van der Waals surface area contributed by atoms with Gasteiger partial charge in [0.15, 0.2) is 0 Å². The van der Waals surface area contributed by atoms with Crippen LogP contribution in [0.25, 0.3) is 0 Å². The summed E-state index contributed by atoms with van der Waals surface area (Å²) in [7, 11) is 0. The van der Waals surface area contributed by atoms with Crippen LogP contribution in [0, 0.1) is 21.8 Å². The predicted molar refractivity (Wildman–Crippen MR) is 92.3 cm³/mol. The zero-order valence-electron chi connectivity index (χ0n) is 11.7. The third kappa shape index (κ3) is 4.05. The number of anilines is 2. The van der Waals surface area contributed by atoms with E-state index in [4.69, 9.17) is 5.26 Å². The Morgan fingerprint density at radius 3 is 2.27 bits per heavy atom. The molecule has 110 valence electrons. The van der Waals surface area contributed by atoms with Crippen molar-refractivity contribution in [2.45, 2.75) is 6.92 Å². The summed E-state index contributed by atoms with van der Waals surface area (Å²) in [6.45, 7) is 1.86. The fourth-order valence-electron chi connectivity index (χ4n) is 1.76. The maximum atomic E-state index is 11.9. The molecule has 0 aromatic heterocycles. The summed E-state index contributed by atoms with van der Waals surface area (Å²) in [5.41, 5.74) is 2.42. The Hall–Kier alpha value is -2.40. The Kier molecular flexibility index (Phi) is 5.12. The average Bonchev–Trinajstić information content (AvgIpc) is 2.50. The average molecular weight is 405 g/mol. The van der Waals surface area contributed by atoms with Crippen LogP contribution in [0.15, 0.2) is 42.5 Å². The van der Waals surface area contributed by atoms with Crippen LogP contribution in [0.4, 0.5) is 11.4 Å². The van der Waals surface area contributed by atoms with Crippen molar-refractivity contribution >= 4 is 45.8 Å². The molecule has 2 aromatic rings. The Balaban J connectivity index is 2.02. The lowest BCUT2D eigenvalue weighted by Gasteiger charge is -2.09. The standard InChI is InChI=1S/C16H12IN3O2/c1-10-8-12(17)4-7-14(10)20-16(22)15(21)19-13-5-2-11(9-18)3-6-13/h2-8H,1H3,(H,19,21)(H,20,22). The van der Waals surface area contributed by atoms with E-state index in [0.717, 1.165) is 9.13 Å². The van der Waals surface area contributed by atoms with Crippen LogP contribution in [0.3, 0.4) is 0 Å². The summed E-state index contributed by atoms with van der Waals surface area (Å²) in [6.07, 6.45) is 0. The monoisotopic (exact) mass is 405 g/mol. The highest BCUT2D eigenvalue weighted by atomic mass is 127. The van der Waals surface area contributed by atoms with Crippen LogP contribution in [-0.2, 0) is 9.59 Å². The zero-order valence-corrected chi connectivity index (χ0v) is 13.8. The van der Waals surface area contributed by atoms with Crippen molar-refractivity contribution in [3.8, 4) is 6.07 Å². The van der Waals surface area contributed by atoms with Gasteiger partial charge in [-0.3, -0.25) is 9.59 Å². The van der Waals surface area contributed by atoms with Gasteiger partial charge in [0.05, 0.1) is 11.6 Å². The SMILES string of the molecule is Cc1cc(I)ccc1NC(=O)C(=O)Nc1ccc(C#N)cc1. The molecular formula is C16H12IN3O2. The Morgan fingerprint density at radius 2 is 1.68 bits per heavy atom. The third-order valence-corrected chi connectivity index (χ3v) is 3.59. The molecule has 5 nitrogen and oxygen atoms in total. The first-order valence-corrected chi connectivity index (χ1v) is 7.46. The molecule has 2 rings (SSSR count). The van der Waals surface area contributed by atoms with Gasteiger partial charge in [0, 0.05) is 14.9 Å². The summed E-state index contributed by atoms with van der Waals surface area (Å²) >= 11 is 2.18. The van der Waals surface area contributed by atoms with E-state index < -0.39 is 11.8 Å².